The number of carbonyl (C=O) groups is 1. The Balaban J connectivity index is 2.06. The second kappa shape index (κ2) is 10.1. The molecule has 0 bridgehead atoms. The maximum atomic E-state index is 13.1. The van der Waals surface area contributed by atoms with E-state index in [4.69, 9.17) is 14.6 Å². The SMILES string of the molecule is CCCc1nc2ccc(Br)cc2c(=O)n1N=Cc1cc(OC)c(OCC(=O)O)cc1Br. The van der Waals surface area contributed by atoms with Gasteiger partial charge in [-0.1, -0.05) is 22.9 Å². The average Bonchev–Trinajstić information content (AvgIpc) is 2.73. The van der Waals surface area contributed by atoms with Crippen LogP contribution in [0.2, 0.25) is 0 Å². The van der Waals surface area contributed by atoms with Crippen LogP contribution in [0.1, 0.15) is 24.7 Å². The van der Waals surface area contributed by atoms with Crippen molar-refractivity contribution in [3.63, 3.8) is 0 Å². The Morgan fingerprint density at radius 2 is 2.03 bits per heavy atom. The molecule has 10 heteroatoms. The number of aliphatic carboxylic acids is 1. The van der Waals surface area contributed by atoms with E-state index >= 15 is 0 Å². The van der Waals surface area contributed by atoms with Crippen molar-refractivity contribution in [2.24, 2.45) is 5.10 Å². The minimum atomic E-state index is -1.10. The number of nitrogens with zero attached hydrogens (tertiary/aromatic N) is 3. The molecule has 1 heterocycles. The smallest absolute Gasteiger partial charge is 0.341 e. The van der Waals surface area contributed by atoms with Gasteiger partial charge >= 0.3 is 5.97 Å². The Hall–Kier alpha value is -2.72. The van der Waals surface area contributed by atoms with E-state index in [1.807, 2.05) is 13.0 Å². The Morgan fingerprint density at radius 3 is 2.71 bits per heavy atom. The van der Waals surface area contributed by atoms with Gasteiger partial charge in [-0.3, -0.25) is 4.79 Å². The largest absolute Gasteiger partial charge is 0.493 e. The first kappa shape index (κ1) is 23.0. The molecule has 0 atom stereocenters. The summed E-state index contributed by atoms with van der Waals surface area (Å²) in [5.41, 5.74) is 0.963. The summed E-state index contributed by atoms with van der Waals surface area (Å²) in [6, 6.07) is 8.59. The van der Waals surface area contributed by atoms with Gasteiger partial charge in [0.05, 0.1) is 24.2 Å². The van der Waals surface area contributed by atoms with Crippen LogP contribution >= 0.6 is 31.9 Å². The van der Waals surface area contributed by atoms with Crippen molar-refractivity contribution in [1.29, 1.82) is 0 Å². The third kappa shape index (κ3) is 5.31. The molecular weight excluding hydrogens is 534 g/mol. The molecule has 0 saturated heterocycles. The molecule has 1 N–H and O–H groups in total. The van der Waals surface area contributed by atoms with Crippen LogP contribution < -0.4 is 15.0 Å². The van der Waals surface area contributed by atoms with Crippen LogP contribution in [-0.4, -0.2) is 40.7 Å². The minimum Gasteiger partial charge on any atom is -0.493 e. The van der Waals surface area contributed by atoms with Crippen molar-refractivity contribution in [3.8, 4) is 11.5 Å². The summed E-state index contributed by atoms with van der Waals surface area (Å²) in [7, 11) is 1.45. The topological polar surface area (TPSA) is 103 Å². The molecule has 3 rings (SSSR count). The van der Waals surface area contributed by atoms with E-state index in [1.54, 1.807) is 24.3 Å². The summed E-state index contributed by atoms with van der Waals surface area (Å²) >= 11 is 6.81. The normalized spacial score (nSPS) is 11.2. The zero-order valence-electron chi connectivity index (χ0n) is 16.8. The molecule has 0 aliphatic carbocycles. The molecule has 0 radical (unpaired) electrons. The van der Waals surface area contributed by atoms with E-state index in [9.17, 15) is 9.59 Å². The monoisotopic (exact) mass is 551 g/mol. The zero-order chi connectivity index (χ0) is 22.5. The first-order valence-electron chi connectivity index (χ1n) is 9.31. The molecule has 0 aliphatic rings. The van der Waals surface area contributed by atoms with E-state index in [0.29, 0.717) is 38.9 Å². The minimum absolute atomic E-state index is 0.268. The molecule has 0 fully saturated rings. The van der Waals surface area contributed by atoms with Crippen LogP contribution in [0.5, 0.6) is 11.5 Å². The summed E-state index contributed by atoms with van der Waals surface area (Å²) in [5, 5.41) is 13.7. The van der Waals surface area contributed by atoms with Crippen LogP contribution in [-0.2, 0) is 11.2 Å². The van der Waals surface area contributed by atoms with Gasteiger partial charge in [-0.2, -0.15) is 9.78 Å². The number of hydrogen-bond donors (Lipinski definition) is 1. The highest BCUT2D eigenvalue weighted by Gasteiger charge is 2.13. The fourth-order valence-corrected chi connectivity index (χ4v) is 3.67. The standard InChI is InChI=1S/C21H19Br2N3O5/c1-3-4-19-25-16-6-5-13(22)8-14(16)21(29)26(19)24-10-12-7-17(30-2)18(9-15(12)23)31-11-20(27)28/h5-10H,3-4,11H2,1-2H3,(H,27,28). The number of hydrogen-bond acceptors (Lipinski definition) is 6. The van der Waals surface area contributed by atoms with Gasteiger partial charge in [-0.15, -0.1) is 0 Å². The van der Waals surface area contributed by atoms with Gasteiger partial charge in [0.15, 0.2) is 18.1 Å². The van der Waals surface area contributed by atoms with Gasteiger partial charge in [0, 0.05) is 20.9 Å². The summed E-state index contributed by atoms with van der Waals surface area (Å²) in [4.78, 5) is 28.5. The number of ether oxygens (including phenoxy) is 2. The number of benzene rings is 2. The van der Waals surface area contributed by atoms with Crippen LogP contribution in [0.3, 0.4) is 0 Å². The molecule has 162 valence electrons. The van der Waals surface area contributed by atoms with Crippen LogP contribution in [0.15, 0.2) is 49.2 Å². The highest BCUT2D eigenvalue weighted by Crippen LogP contribution is 2.33. The van der Waals surface area contributed by atoms with Crippen LogP contribution in [0.25, 0.3) is 10.9 Å². The van der Waals surface area contributed by atoms with Crippen molar-refractivity contribution in [3.05, 3.63) is 61.0 Å². The van der Waals surface area contributed by atoms with E-state index in [1.165, 1.54) is 18.0 Å². The molecule has 8 nitrogen and oxygen atoms in total. The molecule has 2 aromatic carbocycles. The Morgan fingerprint density at radius 1 is 1.26 bits per heavy atom. The lowest BCUT2D eigenvalue weighted by Gasteiger charge is -2.12. The number of methoxy groups -OCH3 is 1. The number of aryl methyl sites for hydroxylation is 1. The van der Waals surface area contributed by atoms with E-state index < -0.39 is 12.6 Å². The molecule has 0 saturated carbocycles. The maximum absolute atomic E-state index is 13.1. The van der Waals surface area contributed by atoms with Crippen molar-refractivity contribution in [2.75, 3.05) is 13.7 Å². The summed E-state index contributed by atoms with van der Waals surface area (Å²) in [6.45, 7) is 1.51. The van der Waals surface area contributed by atoms with Gasteiger partial charge < -0.3 is 14.6 Å². The van der Waals surface area contributed by atoms with E-state index in [-0.39, 0.29) is 11.3 Å². The van der Waals surface area contributed by atoms with Crippen molar-refractivity contribution >= 4 is 54.9 Å². The quantitative estimate of drug-likeness (QED) is 0.419. The highest BCUT2D eigenvalue weighted by molar-refractivity contribution is 9.10. The maximum Gasteiger partial charge on any atom is 0.341 e. The second-order valence-corrected chi connectivity index (χ2v) is 8.28. The molecule has 0 spiro atoms. The molecule has 1 aromatic heterocycles. The van der Waals surface area contributed by atoms with E-state index in [0.717, 1.165) is 10.9 Å². The Kier molecular flexibility index (Phi) is 7.45. The Bertz CT molecular complexity index is 1220. The fourth-order valence-electron chi connectivity index (χ4n) is 2.88. The van der Waals surface area contributed by atoms with Gasteiger partial charge in [-0.25, -0.2) is 9.78 Å². The summed E-state index contributed by atoms with van der Waals surface area (Å²) in [6.07, 6.45) is 2.90. The van der Waals surface area contributed by atoms with Crippen molar-refractivity contribution < 1.29 is 19.4 Å². The molecule has 0 aliphatic heterocycles. The number of halogens is 2. The lowest BCUT2D eigenvalue weighted by Crippen LogP contribution is -2.22. The lowest BCUT2D eigenvalue weighted by atomic mass is 10.2. The lowest BCUT2D eigenvalue weighted by molar-refractivity contribution is -0.139. The molecule has 3 aromatic rings. The number of rotatable bonds is 8. The zero-order valence-corrected chi connectivity index (χ0v) is 19.9. The van der Waals surface area contributed by atoms with Crippen molar-refractivity contribution in [1.82, 2.24) is 9.66 Å². The predicted octanol–water partition coefficient (Wildman–Crippen LogP) is 4.23. The number of aromatic nitrogens is 2. The third-order valence-electron chi connectivity index (χ3n) is 4.30. The van der Waals surface area contributed by atoms with Gasteiger partial charge in [0.1, 0.15) is 5.82 Å². The molecule has 0 amide bonds. The second-order valence-electron chi connectivity index (χ2n) is 6.51. The molecule has 31 heavy (non-hydrogen) atoms. The van der Waals surface area contributed by atoms with Gasteiger partial charge in [0.25, 0.3) is 5.56 Å². The van der Waals surface area contributed by atoms with Gasteiger partial charge in [0.2, 0.25) is 0 Å². The molecular formula is C21H19Br2N3O5. The van der Waals surface area contributed by atoms with E-state index in [2.05, 4.69) is 41.9 Å². The van der Waals surface area contributed by atoms with Crippen molar-refractivity contribution in [2.45, 2.75) is 19.8 Å². The molecule has 0 unspecified atom stereocenters. The van der Waals surface area contributed by atoms with Crippen LogP contribution in [0, 0.1) is 0 Å². The highest BCUT2D eigenvalue weighted by atomic mass is 79.9. The predicted molar refractivity (Wildman–Crippen MR) is 125 cm³/mol. The number of carboxylic acids is 1. The van der Waals surface area contributed by atoms with Crippen LogP contribution in [0.4, 0.5) is 0 Å². The summed E-state index contributed by atoms with van der Waals surface area (Å²) < 4.78 is 13.2. The fraction of sp³-hybridized carbons (Fsp3) is 0.238. The first-order chi connectivity index (χ1) is 14.8. The average molecular weight is 553 g/mol. The Labute approximate surface area is 194 Å². The summed E-state index contributed by atoms with van der Waals surface area (Å²) in [5.74, 6) is 0.0766. The third-order valence-corrected chi connectivity index (χ3v) is 5.48. The number of fused-ring (bicyclic) bond motifs is 1. The first-order valence-corrected chi connectivity index (χ1v) is 10.9. The number of carboxylic acid groups (broad SMARTS) is 1. The van der Waals surface area contributed by atoms with Gasteiger partial charge in [-0.05, 0) is 52.7 Å².